The van der Waals surface area contributed by atoms with Crippen molar-refractivity contribution in [2.45, 2.75) is 43.1 Å². The first-order valence-electron chi connectivity index (χ1n) is 6.48. The number of nitrogens with one attached hydrogen (secondary N) is 1. The molecular weight excluding hydrogens is 288 g/mol. The van der Waals surface area contributed by atoms with Gasteiger partial charge in [-0.1, -0.05) is 6.07 Å². The van der Waals surface area contributed by atoms with E-state index in [0.717, 1.165) is 36.8 Å². The van der Waals surface area contributed by atoms with Crippen molar-refractivity contribution < 1.29 is 22.3 Å². The van der Waals surface area contributed by atoms with Gasteiger partial charge in [-0.2, -0.15) is 0 Å². The quantitative estimate of drug-likeness (QED) is 0.866. The van der Waals surface area contributed by atoms with Crippen molar-refractivity contribution in [1.29, 1.82) is 0 Å². The van der Waals surface area contributed by atoms with Gasteiger partial charge in [0.05, 0.1) is 4.90 Å². The summed E-state index contributed by atoms with van der Waals surface area (Å²) in [6.45, 7) is -0.697. The summed E-state index contributed by atoms with van der Waals surface area (Å²) in [5.41, 5.74) is 2.14. The molecule has 7 heteroatoms. The average Bonchev–Trinajstić information content (AvgIpc) is 2.44. The van der Waals surface area contributed by atoms with Gasteiger partial charge < -0.3 is 5.11 Å². The van der Waals surface area contributed by atoms with Crippen LogP contribution in [0.5, 0.6) is 0 Å². The van der Waals surface area contributed by atoms with Crippen LogP contribution in [-0.4, -0.2) is 32.6 Å². The Labute approximate surface area is 116 Å². The van der Waals surface area contributed by atoms with E-state index in [1.165, 1.54) is 6.07 Å². The van der Waals surface area contributed by atoms with Gasteiger partial charge in [0.1, 0.15) is 6.10 Å². The SMILES string of the molecule is O=S(=O)(NCC(O)C(F)F)c1ccc2c(c1)CCCC2. The number of sulfonamides is 1. The number of rotatable bonds is 5. The third-order valence-electron chi connectivity index (χ3n) is 3.40. The van der Waals surface area contributed by atoms with E-state index in [9.17, 15) is 17.2 Å². The summed E-state index contributed by atoms with van der Waals surface area (Å²) in [5.74, 6) is 0. The molecule has 0 fully saturated rings. The van der Waals surface area contributed by atoms with Crippen LogP contribution in [0.1, 0.15) is 24.0 Å². The Bertz CT molecular complexity index is 575. The topological polar surface area (TPSA) is 66.4 Å². The third kappa shape index (κ3) is 3.53. The molecule has 1 atom stereocenters. The predicted octanol–water partition coefficient (Wildman–Crippen LogP) is 1.47. The van der Waals surface area contributed by atoms with Crippen LogP contribution >= 0.6 is 0 Å². The first-order chi connectivity index (χ1) is 9.40. The molecule has 0 radical (unpaired) electrons. The van der Waals surface area contributed by atoms with Crippen LogP contribution in [0.3, 0.4) is 0 Å². The summed E-state index contributed by atoms with van der Waals surface area (Å²) in [6.07, 6.45) is -1.08. The maximum absolute atomic E-state index is 12.1. The summed E-state index contributed by atoms with van der Waals surface area (Å²) in [7, 11) is -3.87. The molecule has 1 aliphatic rings. The van der Waals surface area contributed by atoms with Crippen molar-refractivity contribution in [1.82, 2.24) is 4.72 Å². The summed E-state index contributed by atoms with van der Waals surface area (Å²) >= 11 is 0. The molecular formula is C13H17F2NO3S. The van der Waals surface area contributed by atoms with Gasteiger partial charge in [-0.05, 0) is 48.9 Å². The largest absolute Gasteiger partial charge is 0.386 e. The second-order valence-electron chi connectivity index (χ2n) is 4.89. The van der Waals surface area contributed by atoms with E-state index in [4.69, 9.17) is 5.11 Å². The zero-order valence-corrected chi connectivity index (χ0v) is 11.7. The van der Waals surface area contributed by atoms with Crippen molar-refractivity contribution in [2.24, 2.45) is 0 Å². The van der Waals surface area contributed by atoms with Crippen molar-refractivity contribution in [3.8, 4) is 0 Å². The molecule has 0 aromatic heterocycles. The molecule has 0 heterocycles. The molecule has 2 N–H and O–H groups in total. The second kappa shape index (κ2) is 6.15. The molecule has 1 aliphatic carbocycles. The molecule has 0 aliphatic heterocycles. The average molecular weight is 305 g/mol. The van der Waals surface area contributed by atoms with E-state index in [1.54, 1.807) is 12.1 Å². The Morgan fingerprint density at radius 2 is 1.85 bits per heavy atom. The van der Waals surface area contributed by atoms with Crippen LogP contribution in [0, 0.1) is 0 Å². The van der Waals surface area contributed by atoms with Gasteiger partial charge in [0.15, 0.2) is 0 Å². The minimum Gasteiger partial charge on any atom is -0.386 e. The molecule has 2 rings (SSSR count). The Balaban J connectivity index is 2.13. The van der Waals surface area contributed by atoms with Crippen molar-refractivity contribution >= 4 is 10.0 Å². The fraction of sp³-hybridized carbons (Fsp3) is 0.538. The maximum atomic E-state index is 12.1. The number of halogens is 2. The maximum Gasteiger partial charge on any atom is 0.265 e. The van der Waals surface area contributed by atoms with Gasteiger partial charge in [-0.15, -0.1) is 0 Å². The molecule has 0 saturated heterocycles. The van der Waals surface area contributed by atoms with E-state index in [-0.39, 0.29) is 4.90 Å². The van der Waals surface area contributed by atoms with Gasteiger partial charge in [-0.3, -0.25) is 0 Å². The van der Waals surface area contributed by atoms with Crippen LogP contribution in [0.15, 0.2) is 23.1 Å². The molecule has 0 amide bonds. The standard InChI is InChI=1S/C13H17F2NO3S/c14-13(15)12(17)8-16-20(18,19)11-6-5-9-3-1-2-4-10(9)7-11/h5-7,12-13,16-17H,1-4,8H2. The summed E-state index contributed by atoms with van der Waals surface area (Å²) in [4.78, 5) is 0.0552. The Morgan fingerprint density at radius 1 is 1.20 bits per heavy atom. The number of alkyl halides is 2. The molecule has 4 nitrogen and oxygen atoms in total. The van der Waals surface area contributed by atoms with E-state index in [1.807, 2.05) is 4.72 Å². The van der Waals surface area contributed by atoms with Crippen LogP contribution in [-0.2, 0) is 22.9 Å². The summed E-state index contributed by atoms with van der Waals surface area (Å²) < 4.78 is 50.3. The number of hydrogen-bond donors (Lipinski definition) is 2. The van der Waals surface area contributed by atoms with E-state index >= 15 is 0 Å². The Morgan fingerprint density at radius 3 is 2.50 bits per heavy atom. The van der Waals surface area contributed by atoms with Crippen LogP contribution in [0.2, 0.25) is 0 Å². The lowest BCUT2D eigenvalue weighted by molar-refractivity contribution is -0.000451. The van der Waals surface area contributed by atoms with Gasteiger partial charge >= 0.3 is 0 Å². The highest BCUT2D eigenvalue weighted by molar-refractivity contribution is 7.89. The highest BCUT2D eigenvalue weighted by Crippen LogP contribution is 2.24. The van der Waals surface area contributed by atoms with Crippen molar-refractivity contribution in [3.05, 3.63) is 29.3 Å². The first-order valence-corrected chi connectivity index (χ1v) is 7.96. The predicted molar refractivity (Wildman–Crippen MR) is 70.3 cm³/mol. The fourth-order valence-electron chi connectivity index (χ4n) is 2.24. The van der Waals surface area contributed by atoms with Crippen LogP contribution in [0.25, 0.3) is 0 Å². The summed E-state index contributed by atoms with van der Waals surface area (Å²) in [6, 6.07) is 4.83. The highest BCUT2D eigenvalue weighted by atomic mass is 32.2. The Hall–Kier alpha value is -1.05. The van der Waals surface area contributed by atoms with Gasteiger partial charge in [-0.25, -0.2) is 21.9 Å². The lowest BCUT2D eigenvalue weighted by atomic mass is 9.92. The monoisotopic (exact) mass is 305 g/mol. The van der Waals surface area contributed by atoms with E-state index < -0.39 is 29.1 Å². The molecule has 1 aromatic carbocycles. The molecule has 20 heavy (non-hydrogen) atoms. The second-order valence-corrected chi connectivity index (χ2v) is 6.66. The normalized spacial score (nSPS) is 17.0. The zero-order chi connectivity index (χ0) is 14.8. The smallest absolute Gasteiger partial charge is 0.265 e. The van der Waals surface area contributed by atoms with Crippen LogP contribution < -0.4 is 4.72 Å². The lowest BCUT2D eigenvalue weighted by Gasteiger charge is -2.17. The van der Waals surface area contributed by atoms with Crippen LogP contribution in [0.4, 0.5) is 8.78 Å². The summed E-state index contributed by atoms with van der Waals surface area (Å²) in [5, 5.41) is 8.95. The number of aryl methyl sites for hydroxylation is 2. The minimum atomic E-state index is -3.87. The van der Waals surface area contributed by atoms with E-state index in [2.05, 4.69) is 0 Å². The van der Waals surface area contributed by atoms with Gasteiger partial charge in [0, 0.05) is 6.54 Å². The number of fused-ring (bicyclic) bond motifs is 1. The number of aliphatic hydroxyl groups excluding tert-OH is 1. The molecule has 112 valence electrons. The van der Waals surface area contributed by atoms with Crippen molar-refractivity contribution in [2.75, 3.05) is 6.54 Å². The number of benzene rings is 1. The minimum absolute atomic E-state index is 0.0552. The zero-order valence-electron chi connectivity index (χ0n) is 10.9. The first kappa shape index (κ1) is 15.3. The van der Waals surface area contributed by atoms with Gasteiger partial charge in [0.2, 0.25) is 10.0 Å². The lowest BCUT2D eigenvalue weighted by Crippen LogP contribution is -2.35. The van der Waals surface area contributed by atoms with Crippen molar-refractivity contribution in [3.63, 3.8) is 0 Å². The Kier molecular flexibility index (Phi) is 4.72. The van der Waals surface area contributed by atoms with Gasteiger partial charge in [0.25, 0.3) is 6.43 Å². The third-order valence-corrected chi connectivity index (χ3v) is 4.82. The van der Waals surface area contributed by atoms with E-state index in [0.29, 0.717) is 0 Å². The molecule has 1 unspecified atom stereocenters. The molecule has 1 aromatic rings. The highest BCUT2D eigenvalue weighted by Gasteiger charge is 2.22. The molecule has 0 bridgehead atoms. The number of aliphatic hydroxyl groups is 1. The fourth-order valence-corrected chi connectivity index (χ4v) is 3.35. The molecule has 0 spiro atoms. The molecule has 0 saturated carbocycles. The number of hydrogen-bond acceptors (Lipinski definition) is 3.